The Bertz CT molecular complexity index is 557. The van der Waals surface area contributed by atoms with Gasteiger partial charge in [-0.3, -0.25) is 0 Å². The molecule has 0 saturated carbocycles. The molecule has 114 valence electrons. The topological polar surface area (TPSA) is 12.0 Å². The van der Waals surface area contributed by atoms with E-state index in [0.29, 0.717) is 12.0 Å². The molecule has 0 aliphatic heterocycles. The number of hydrogen-bond acceptors (Lipinski definition) is 2. The van der Waals surface area contributed by atoms with Crippen LogP contribution in [0.1, 0.15) is 42.8 Å². The van der Waals surface area contributed by atoms with Crippen LogP contribution in [0.5, 0.6) is 0 Å². The zero-order valence-corrected chi connectivity index (χ0v) is 15.8. The van der Waals surface area contributed by atoms with Crippen molar-refractivity contribution in [2.75, 3.05) is 0 Å². The van der Waals surface area contributed by atoms with E-state index in [1.807, 2.05) is 0 Å². The van der Waals surface area contributed by atoms with Gasteiger partial charge in [-0.05, 0) is 45.5 Å². The Kier molecular flexibility index (Phi) is 6.30. The number of thiophene rings is 1. The molecule has 2 rings (SSSR count). The van der Waals surface area contributed by atoms with E-state index in [9.17, 15) is 0 Å². The first-order valence-electron chi connectivity index (χ1n) is 7.27. The normalized spacial score (nSPS) is 12.9. The van der Waals surface area contributed by atoms with Gasteiger partial charge in [0.15, 0.2) is 0 Å². The number of halogens is 2. The Hall–Kier alpha value is -0.350. The van der Waals surface area contributed by atoms with Gasteiger partial charge in [-0.15, -0.1) is 11.3 Å². The Labute approximate surface area is 144 Å². The van der Waals surface area contributed by atoms with Crippen LogP contribution in [0.4, 0.5) is 0 Å². The van der Waals surface area contributed by atoms with Gasteiger partial charge in [0.05, 0.1) is 0 Å². The van der Waals surface area contributed by atoms with Crippen molar-refractivity contribution in [1.82, 2.24) is 5.32 Å². The number of benzene rings is 1. The van der Waals surface area contributed by atoms with Crippen LogP contribution in [0.3, 0.4) is 0 Å². The SMILES string of the molecule is CCc1ccc(C(NCc2cc(Br)c(Cl)s2)C(C)C)cc1. The molecule has 0 aliphatic rings. The van der Waals surface area contributed by atoms with Gasteiger partial charge in [-0.25, -0.2) is 0 Å². The van der Waals surface area contributed by atoms with E-state index in [1.165, 1.54) is 16.0 Å². The molecule has 1 heterocycles. The van der Waals surface area contributed by atoms with Crippen molar-refractivity contribution >= 4 is 38.9 Å². The average molecular weight is 387 g/mol. The van der Waals surface area contributed by atoms with Crippen LogP contribution in [0.25, 0.3) is 0 Å². The highest BCUT2D eigenvalue weighted by atomic mass is 79.9. The molecule has 1 N–H and O–H groups in total. The van der Waals surface area contributed by atoms with Gasteiger partial charge in [0.25, 0.3) is 0 Å². The first-order chi connectivity index (χ1) is 10.0. The van der Waals surface area contributed by atoms with Crippen LogP contribution in [0, 0.1) is 5.92 Å². The summed E-state index contributed by atoms with van der Waals surface area (Å²) in [5.41, 5.74) is 2.74. The molecule has 21 heavy (non-hydrogen) atoms. The number of nitrogens with one attached hydrogen (secondary N) is 1. The number of rotatable bonds is 6. The highest BCUT2D eigenvalue weighted by Gasteiger charge is 2.16. The number of aryl methyl sites for hydroxylation is 1. The molecule has 0 amide bonds. The molecule has 1 atom stereocenters. The third kappa shape index (κ3) is 4.56. The minimum atomic E-state index is 0.357. The van der Waals surface area contributed by atoms with E-state index in [1.54, 1.807) is 11.3 Å². The lowest BCUT2D eigenvalue weighted by molar-refractivity contribution is 0.412. The van der Waals surface area contributed by atoms with Gasteiger partial charge >= 0.3 is 0 Å². The summed E-state index contributed by atoms with van der Waals surface area (Å²) in [6, 6.07) is 11.4. The summed E-state index contributed by atoms with van der Waals surface area (Å²) >= 11 is 11.2. The van der Waals surface area contributed by atoms with E-state index in [-0.39, 0.29) is 0 Å². The van der Waals surface area contributed by atoms with Crippen molar-refractivity contribution < 1.29 is 0 Å². The van der Waals surface area contributed by atoms with E-state index in [0.717, 1.165) is 21.8 Å². The van der Waals surface area contributed by atoms with Crippen LogP contribution in [-0.2, 0) is 13.0 Å². The summed E-state index contributed by atoms with van der Waals surface area (Å²) in [6.45, 7) is 7.53. The monoisotopic (exact) mass is 385 g/mol. The summed E-state index contributed by atoms with van der Waals surface area (Å²) < 4.78 is 1.81. The maximum Gasteiger partial charge on any atom is 0.107 e. The highest BCUT2D eigenvalue weighted by Crippen LogP contribution is 2.32. The standard InChI is InChI=1S/C17H21BrClNS/c1-4-12-5-7-13(8-6-12)16(11(2)3)20-10-14-9-15(18)17(19)21-14/h5-9,11,16,20H,4,10H2,1-3H3. The van der Waals surface area contributed by atoms with Crippen LogP contribution >= 0.6 is 38.9 Å². The van der Waals surface area contributed by atoms with E-state index < -0.39 is 0 Å². The van der Waals surface area contributed by atoms with Gasteiger partial charge < -0.3 is 5.32 Å². The lowest BCUT2D eigenvalue weighted by Gasteiger charge is -2.23. The maximum absolute atomic E-state index is 6.10. The number of hydrogen-bond donors (Lipinski definition) is 1. The van der Waals surface area contributed by atoms with Gasteiger partial charge in [-0.2, -0.15) is 0 Å². The van der Waals surface area contributed by atoms with E-state index in [2.05, 4.69) is 72.3 Å². The quantitative estimate of drug-likeness (QED) is 0.622. The van der Waals surface area contributed by atoms with Crippen LogP contribution in [0.2, 0.25) is 4.34 Å². The van der Waals surface area contributed by atoms with Crippen LogP contribution < -0.4 is 5.32 Å². The molecule has 0 bridgehead atoms. The highest BCUT2D eigenvalue weighted by molar-refractivity contribution is 9.10. The predicted octanol–water partition coefficient (Wildman–Crippen LogP) is 6.21. The molecule has 0 fully saturated rings. The molecule has 0 spiro atoms. The summed E-state index contributed by atoms with van der Waals surface area (Å²) in [7, 11) is 0. The average Bonchev–Trinajstić information content (AvgIpc) is 2.78. The summed E-state index contributed by atoms with van der Waals surface area (Å²) in [6.07, 6.45) is 1.09. The first kappa shape index (κ1) is 17.0. The fourth-order valence-corrected chi connectivity index (χ4v) is 4.13. The van der Waals surface area contributed by atoms with E-state index in [4.69, 9.17) is 11.6 Å². The second-order valence-electron chi connectivity index (χ2n) is 5.53. The predicted molar refractivity (Wildman–Crippen MR) is 97.3 cm³/mol. The van der Waals surface area contributed by atoms with Gasteiger partial charge in [0.1, 0.15) is 4.34 Å². The van der Waals surface area contributed by atoms with E-state index >= 15 is 0 Å². The van der Waals surface area contributed by atoms with Gasteiger partial charge in [-0.1, -0.05) is 56.6 Å². The fourth-order valence-electron chi connectivity index (χ4n) is 2.39. The first-order valence-corrected chi connectivity index (χ1v) is 9.26. The second-order valence-corrected chi connectivity index (χ2v) is 8.13. The second kappa shape index (κ2) is 7.77. The largest absolute Gasteiger partial charge is 0.305 e. The van der Waals surface area contributed by atoms with Crippen LogP contribution in [-0.4, -0.2) is 0 Å². The maximum atomic E-state index is 6.10. The minimum Gasteiger partial charge on any atom is -0.305 e. The fraction of sp³-hybridized carbons (Fsp3) is 0.412. The summed E-state index contributed by atoms with van der Waals surface area (Å²) in [5.74, 6) is 0.538. The Balaban J connectivity index is 2.07. The Morgan fingerprint density at radius 1 is 1.24 bits per heavy atom. The molecule has 0 radical (unpaired) electrons. The minimum absolute atomic E-state index is 0.357. The molecular weight excluding hydrogens is 366 g/mol. The van der Waals surface area contributed by atoms with Crippen LogP contribution in [0.15, 0.2) is 34.8 Å². The lowest BCUT2D eigenvalue weighted by Crippen LogP contribution is -2.25. The molecular formula is C17H21BrClNS. The molecule has 0 saturated heterocycles. The summed E-state index contributed by atoms with van der Waals surface area (Å²) in [5, 5.41) is 3.66. The van der Waals surface area contributed by atoms with Crippen molar-refractivity contribution in [3.63, 3.8) is 0 Å². The van der Waals surface area contributed by atoms with Crippen molar-refractivity contribution in [1.29, 1.82) is 0 Å². The van der Waals surface area contributed by atoms with Crippen molar-refractivity contribution in [3.8, 4) is 0 Å². The third-order valence-electron chi connectivity index (χ3n) is 3.61. The molecule has 2 aromatic rings. The molecule has 4 heteroatoms. The third-order valence-corrected chi connectivity index (χ3v) is 6.08. The van der Waals surface area contributed by atoms with Crippen molar-refractivity contribution in [2.45, 2.75) is 39.8 Å². The molecule has 1 nitrogen and oxygen atoms in total. The smallest absolute Gasteiger partial charge is 0.107 e. The molecule has 1 aromatic heterocycles. The van der Waals surface area contributed by atoms with Crippen molar-refractivity contribution in [3.05, 3.63) is 55.1 Å². The Morgan fingerprint density at radius 3 is 2.38 bits per heavy atom. The Morgan fingerprint density at radius 2 is 1.90 bits per heavy atom. The van der Waals surface area contributed by atoms with Gasteiger partial charge in [0.2, 0.25) is 0 Å². The molecule has 0 aliphatic carbocycles. The zero-order chi connectivity index (χ0) is 15.4. The summed E-state index contributed by atoms with van der Waals surface area (Å²) in [4.78, 5) is 1.25. The molecule has 1 unspecified atom stereocenters. The lowest BCUT2D eigenvalue weighted by atomic mass is 9.95. The van der Waals surface area contributed by atoms with Gasteiger partial charge in [0, 0.05) is 21.9 Å². The zero-order valence-electron chi connectivity index (χ0n) is 12.6. The van der Waals surface area contributed by atoms with Crippen molar-refractivity contribution in [2.24, 2.45) is 5.92 Å². The molecule has 1 aromatic carbocycles.